The van der Waals surface area contributed by atoms with Crippen LogP contribution < -0.4 is 0 Å². The van der Waals surface area contributed by atoms with Gasteiger partial charge in [-0.05, 0) is 31.9 Å². The molecule has 0 aliphatic carbocycles. The van der Waals surface area contributed by atoms with Gasteiger partial charge in [0.05, 0.1) is 5.69 Å². The Bertz CT molecular complexity index is 672. The van der Waals surface area contributed by atoms with Crippen LogP contribution in [-0.2, 0) is 27.6 Å². The van der Waals surface area contributed by atoms with Crippen molar-refractivity contribution in [2.75, 3.05) is 14.1 Å². The SMILES string of the molecule is CN(C)Cc1[c-]cccc1.[Pt+2].[c-]1ccccc1N=Nc1ccccc1. The van der Waals surface area contributed by atoms with Crippen molar-refractivity contribution in [3.8, 4) is 0 Å². The molecule has 0 saturated carbocycles. The number of nitrogens with zero attached hydrogens (tertiary/aromatic N) is 3. The fourth-order valence-corrected chi connectivity index (χ4v) is 1.92. The molecule has 0 aliphatic heterocycles. The predicted molar refractivity (Wildman–Crippen MR) is 98.6 cm³/mol. The van der Waals surface area contributed by atoms with E-state index >= 15 is 0 Å². The summed E-state index contributed by atoms with van der Waals surface area (Å²) in [6, 6.07) is 31.3. The molecule has 0 spiro atoms. The van der Waals surface area contributed by atoms with Gasteiger partial charge in [0, 0.05) is 6.54 Å². The molecule has 0 fully saturated rings. The summed E-state index contributed by atoms with van der Waals surface area (Å²) < 4.78 is 0. The number of hydrogen-bond donors (Lipinski definition) is 0. The number of azo groups is 1. The third kappa shape index (κ3) is 9.09. The molecule has 3 rings (SSSR count). The van der Waals surface area contributed by atoms with Crippen molar-refractivity contribution in [1.82, 2.24) is 4.90 Å². The molecule has 0 saturated heterocycles. The van der Waals surface area contributed by atoms with Gasteiger partial charge in [-0.25, -0.2) is 0 Å². The van der Waals surface area contributed by atoms with Gasteiger partial charge in [-0.2, -0.15) is 64.8 Å². The van der Waals surface area contributed by atoms with Crippen molar-refractivity contribution < 1.29 is 21.1 Å². The second-order valence-electron chi connectivity index (χ2n) is 5.41. The molecule has 0 heterocycles. The van der Waals surface area contributed by atoms with E-state index < -0.39 is 0 Å². The Balaban J connectivity index is 0.000000254. The van der Waals surface area contributed by atoms with E-state index in [4.69, 9.17) is 0 Å². The van der Waals surface area contributed by atoms with E-state index in [9.17, 15) is 0 Å². The molecule has 0 bridgehead atoms. The van der Waals surface area contributed by atoms with Crippen LogP contribution in [0.1, 0.15) is 5.56 Å². The van der Waals surface area contributed by atoms with Crippen LogP contribution in [-0.4, -0.2) is 19.0 Å². The van der Waals surface area contributed by atoms with Crippen LogP contribution in [0.15, 0.2) is 89.1 Å². The quantitative estimate of drug-likeness (QED) is 0.339. The van der Waals surface area contributed by atoms with Gasteiger partial charge in [-0.15, -0.1) is 11.6 Å². The Labute approximate surface area is 164 Å². The maximum absolute atomic E-state index is 4.07. The average molecular weight is 510 g/mol. The van der Waals surface area contributed by atoms with Crippen LogP contribution in [0.25, 0.3) is 0 Å². The van der Waals surface area contributed by atoms with E-state index in [-0.39, 0.29) is 21.1 Å². The van der Waals surface area contributed by atoms with Gasteiger partial charge >= 0.3 is 21.1 Å². The van der Waals surface area contributed by atoms with E-state index in [0.29, 0.717) is 0 Å². The van der Waals surface area contributed by atoms with Crippen molar-refractivity contribution >= 4 is 11.4 Å². The van der Waals surface area contributed by atoms with Crippen LogP contribution in [0.5, 0.6) is 0 Å². The van der Waals surface area contributed by atoms with Gasteiger partial charge in [-0.3, -0.25) is 0 Å². The molecule has 25 heavy (non-hydrogen) atoms. The molecule has 3 aromatic rings. The van der Waals surface area contributed by atoms with Crippen molar-refractivity contribution in [2.45, 2.75) is 6.54 Å². The summed E-state index contributed by atoms with van der Waals surface area (Å²) in [6.07, 6.45) is 0. The van der Waals surface area contributed by atoms with Gasteiger partial charge in [0.2, 0.25) is 0 Å². The molecule has 0 amide bonds. The van der Waals surface area contributed by atoms with E-state index in [0.717, 1.165) is 17.9 Å². The monoisotopic (exact) mass is 510 g/mol. The van der Waals surface area contributed by atoms with Crippen molar-refractivity contribution in [1.29, 1.82) is 0 Å². The summed E-state index contributed by atoms with van der Waals surface area (Å²) in [6.45, 7) is 0.973. The summed E-state index contributed by atoms with van der Waals surface area (Å²) in [7, 11) is 4.11. The molecule has 3 nitrogen and oxygen atoms in total. The topological polar surface area (TPSA) is 28.0 Å². The van der Waals surface area contributed by atoms with Crippen LogP contribution in [0.3, 0.4) is 0 Å². The van der Waals surface area contributed by atoms with Crippen molar-refractivity contribution in [2.24, 2.45) is 10.2 Å². The van der Waals surface area contributed by atoms with Gasteiger partial charge in [0.1, 0.15) is 0 Å². The maximum atomic E-state index is 4.07. The second kappa shape index (κ2) is 12.3. The predicted octanol–water partition coefficient (Wildman–Crippen LogP) is 5.45. The van der Waals surface area contributed by atoms with E-state index in [1.54, 1.807) is 0 Å². The molecule has 0 atom stereocenters. The first-order valence-electron chi connectivity index (χ1n) is 7.78. The van der Waals surface area contributed by atoms with E-state index in [1.165, 1.54) is 5.56 Å². The van der Waals surface area contributed by atoms with Gasteiger partial charge in [0.25, 0.3) is 0 Å². The summed E-state index contributed by atoms with van der Waals surface area (Å²) >= 11 is 0. The minimum absolute atomic E-state index is 0. The Morgan fingerprint density at radius 2 is 1.40 bits per heavy atom. The average Bonchev–Trinajstić information content (AvgIpc) is 2.63. The smallest absolute Gasteiger partial charge is 0.307 e. The number of hydrogen-bond acceptors (Lipinski definition) is 3. The van der Waals surface area contributed by atoms with E-state index in [2.05, 4.69) is 47.4 Å². The molecule has 0 radical (unpaired) electrons. The minimum atomic E-state index is 0. The normalized spacial score (nSPS) is 10.0. The third-order valence-corrected chi connectivity index (χ3v) is 2.98. The molecule has 3 aromatic carbocycles. The zero-order valence-corrected chi connectivity index (χ0v) is 16.6. The van der Waals surface area contributed by atoms with Crippen LogP contribution in [0, 0.1) is 12.1 Å². The molecule has 0 aromatic heterocycles. The first-order valence-corrected chi connectivity index (χ1v) is 7.78. The summed E-state index contributed by atoms with van der Waals surface area (Å²) in [5.74, 6) is 0. The summed E-state index contributed by atoms with van der Waals surface area (Å²) in [5.41, 5.74) is 2.84. The fourth-order valence-electron chi connectivity index (χ4n) is 1.92. The van der Waals surface area contributed by atoms with Gasteiger partial charge in [0.15, 0.2) is 0 Å². The van der Waals surface area contributed by atoms with Crippen molar-refractivity contribution in [3.05, 3.63) is 96.6 Å². The molecule has 130 valence electrons. The van der Waals surface area contributed by atoms with Crippen LogP contribution >= 0.6 is 0 Å². The van der Waals surface area contributed by atoms with Gasteiger partial charge < -0.3 is 4.90 Å². The largest absolute Gasteiger partial charge is 2.00 e. The summed E-state index contributed by atoms with van der Waals surface area (Å²) in [5, 5.41) is 8.12. The first-order chi connectivity index (χ1) is 11.7. The molecular weight excluding hydrogens is 489 g/mol. The Morgan fingerprint density at radius 1 is 0.760 bits per heavy atom. The number of rotatable bonds is 4. The molecular formula is C21H21N3Pt. The second-order valence-corrected chi connectivity index (χ2v) is 5.41. The maximum Gasteiger partial charge on any atom is 2.00 e. The standard InChI is InChI=1S/C12H9N2.C9H12N.Pt/c1-3-7-11(8-4-1)13-14-12-9-5-2-6-10-12;1-10(2)8-9-6-4-3-5-7-9;/h1-9H;3-6H,8H2,1-2H3;/q2*-1;+2. The van der Waals surface area contributed by atoms with Crippen LogP contribution in [0.4, 0.5) is 11.4 Å². The van der Waals surface area contributed by atoms with Crippen LogP contribution in [0.2, 0.25) is 0 Å². The Kier molecular flexibility index (Phi) is 10.3. The molecule has 4 heteroatoms. The van der Waals surface area contributed by atoms with Gasteiger partial charge in [-0.1, -0.05) is 18.2 Å². The summed E-state index contributed by atoms with van der Waals surface area (Å²) in [4.78, 5) is 2.13. The molecule has 0 aliphatic rings. The Hall–Kier alpha value is -2.09. The minimum Gasteiger partial charge on any atom is -0.307 e. The van der Waals surface area contributed by atoms with Crippen molar-refractivity contribution in [3.63, 3.8) is 0 Å². The zero-order chi connectivity index (χ0) is 17.0. The molecule has 0 N–H and O–H groups in total. The van der Waals surface area contributed by atoms with E-state index in [1.807, 2.05) is 72.8 Å². The first kappa shape index (κ1) is 21.0. The Morgan fingerprint density at radius 3 is 1.96 bits per heavy atom. The number of benzene rings is 3. The zero-order valence-electron chi connectivity index (χ0n) is 14.4. The third-order valence-electron chi connectivity index (χ3n) is 2.98. The fraction of sp³-hybridized carbons (Fsp3) is 0.143. The molecule has 0 unspecified atom stereocenters.